The Hall–Kier alpha value is -1.78. The zero-order valence-corrected chi connectivity index (χ0v) is 9.41. The van der Waals surface area contributed by atoms with Crippen LogP contribution in [0.4, 0.5) is 8.78 Å². The second-order valence-electron chi connectivity index (χ2n) is 3.88. The summed E-state index contributed by atoms with van der Waals surface area (Å²) >= 11 is 0. The summed E-state index contributed by atoms with van der Waals surface area (Å²) < 4.78 is 26.6. The number of hydrogen-bond donors (Lipinski definition) is 1. The van der Waals surface area contributed by atoms with E-state index in [0.29, 0.717) is 0 Å². The Morgan fingerprint density at radius 3 is 2.00 bits per heavy atom. The van der Waals surface area contributed by atoms with Gasteiger partial charge in [-0.2, -0.15) is 0 Å². The fraction of sp³-hybridized carbons (Fsp3) is 0.333. The summed E-state index contributed by atoms with van der Waals surface area (Å²) in [6.45, 7) is 2.66. The van der Waals surface area contributed by atoms with Gasteiger partial charge in [-0.25, -0.2) is 8.78 Å². The highest BCUT2D eigenvalue weighted by Crippen LogP contribution is 2.21. The van der Waals surface area contributed by atoms with Crippen molar-refractivity contribution in [3.8, 4) is 0 Å². The lowest BCUT2D eigenvalue weighted by Crippen LogP contribution is -2.26. The summed E-state index contributed by atoms with van der Waals surface area (Å²) in [4.78, 5) is 22.5. The molecule has 0 saturated carbocycles. The van der Waals surface area contributed by atoms with Crippen LogP contribution in [-0.2, 0) is 4.79 Å². The van der Waals surface area contributed by atoms with Gasteiger partial charge in [-0.05, 0) is 12.1 Å². The van der Waals surface area contributed by atoms with Crippen LogP contribution in [0.2, 0.25) is 0 Å². The van der Waals surface area contributed by atoms with Gasteiger partial charge in [0.15, 0.2) is 5.78 Å². The van der Waals surface area contributed by atoms with E-state index in [4.69, 9.17) is 5.11 Å². The molecule has 0 aromatic heterocycles. The summed E-state index contributed by atoms with van der Waals surface area (Å²) in [6.07, 6.45) is 0. The van der Waals surface area contributed by atoms with E-state index < -0.39 is 40.8 Å². The van der Waals surface area contributed by atoms with Crippen molar-refractivity contribution in [2.24, 2.45) is 11.8 Å². The van der Waals surface area contributed by atoms with E-state index in [1.54, 1.807) is 0 Å². The van der Waals surface area contributed by atoms with Gasteiger partial charge in [0.25, 0.3) is 0 Å². The van der Waals surface area contributed by atoms with Crippen LogP contribution in [0.25, 0.3) is 0 Å². The molecular weight excluding hydrogens is 230 g/mol. The van der Waals surface area contributed by atoms with Crippen LogP contribution in [0.3, 0.4) is 0 Å². The number of carbonyl (C=O) groups is 2. The van der Waals surface area contributed by atoms with Crippen LogP contribution in [0.15, 0.2) is 18.2 Å². The largest absolute Gasteiger partial charge is 0.481 e. The summed E-state index contributed by atoms with van der Waals surface area (Å²) in [5.74, 6) is -5.95. The maximum Gasteiger partial charge on any atom is 0.306 e. The van der Waals surface area contributed by atoms with Crippen molar-refractivity contribution in [1.29, 1.82) is 0 Å². The topological polar surface area (TPSA) is 54.4 Å². The average Bonchev–Trinajstić information content (AvgIpc) is 2.26. The molecule has 1 aromatic rings. The van der Waals surface area contributed by atoms with Crippen molar-refractivity contribution >= 4 is 11.8 Å². The highest BCUT2D eigenvalue weighted by atomic mass is 19.1. The van der Waals surface area contributed by atoms with Gasteiger partial charge in [0.05, 0.1) is 11.5 Å². The quantitative estimate of drug-likeness (QED) is 0.825. The molecule has 0 bridgehead atoms. The highest BCUT2D eigenvalue weighted by molar-refractivity contribution is 6.00. The minimum atomic E-state index is -1.18. The number of rotatable bonds is 4. The molecule has 0 aliphatic rings. The number of carbonyl (C=O) groups excluding carboxylic acids is 1. The molecule has 0 amide bonds. The monoisotopic (exact) mass is 242 g/mol. The summed E-state index contributed by atoms with van der Waals surface area (Å²) in [5, 5.41) is 8.75. The number of ketones is 1. The maximum absolute atomic E-state index is 13.3. The van der Waals surface area contributed by atoms with Gasteiger partial charge in [-0.15, -0.1) is 0 Å². The Morgan fingerprint density at radius 2 is 1.59 bits per heavy atom. The fourth-order valence-corrected chi connectivity index (χ4v) is 1.40. The van der Waals surface area contributed by atoms with Gasteiger partial charge >= 0.3 is 5.97 Å². The Morgan fingerprint density at radius 1 is 1.12 bits per heavy atom. The summed E-state index contributed by atoms with van der Waals surface area (Å²) in [7, 11) is 0. The zero-order chi connectivity index (χ0) is 13.2. The smallest absolute Gasteiger partial charge is 0.306 e. The van der Waals surface area contributed by atoms with E-state index in [2.05, 4.69) is 0 Å². The van der Waals surface area contributed by atoms with Crippen molar-refractivity contribution in [2.75, 3.05) is 0 Å². The Labute approximate surface area is 97.1 Å². The Bertz CT molecular complexity index is 437. The zero-order valence-electron chi connectivity index (χ0n) is 9.41. The predicted molar refractivity (Wildman–Crippen MR) is 56.7 cm³/mol. The van der Waals surface area contributed by atoms with Crippen LogP contribution in [0.1, 0.15) is 24.2 Å². The third-order valence-electron chi connectivity index (χ3n) is 2.76. The number of halogens is 2. The van der Waals surface area contributed by atoms with E-state index in [1.165, 1.54) is 13.8 Å². The molecule has 1 rings (SSSR count). The molecule has 0 radical (unpaired) electrons. The first-order valence-electron chi connectivity index (χ1n) is 5.07. The molecule has 0 aliphatic heterocycles. The molecular formula is C12H12F2O3. The highest BCUT2D eigenvalue weighted by Gasteiger charge is 2.29. The molecule has 0 spiro atoms. The van der Waals surface area contributed by atoms with Crippen LogP contribution < -0.4 is 0 Å². The number of Topliss-reactive ketones (excluding diaryl/α,β-unsaturated/α-hetero) is 1. The van der Waals surface area contributed by atoms with Gasteiger partial charge in [0, 0.05) is 5.92 Å². The molecule has 0 heterocycles. The van der Waals surface area contributed by atoms with Gasteiger partial charge in [0.1, 0.15) is 11.6 Å². The first-order chi connectivity index (χ1) is 7.86. The minimum Gasteiger partial charge on any atom is -0.481 e. The molecule has 17 heavy (non-hydrogen) atoms. The molecule has 5 heteroatoms. The molecule has 2 atom stereocenters. The van der Waals surface area contributed by atoms with Gasteiger partial charge in [0.2, 0.25) is 0 Å². The second kappa shape index (κ2) is 5.03. The summed E-state index contributed by atoms with van der Waals surface area (Å²) in [5.41, 5.74) is -0.673. The molecule has 2 unspecified atom stereocenters. The lowest BCUT2D eigenvalue weighted by molar-refractivity contribution is -0.142. The number of carboxylic acids is 1. The van der Waals surface area contributed by atoms with Crippen LogP contribution >= 0.6 is 0 Å². The normalized spacial score (nSPS) is 14.1. The lowest BCUT2D eigenvalue weighted by Gasteiger charge is -2.15. The first kappa shape index (κ1) is 13.3. The van der Waals surface area contributed by atoms with Crippen molar-refractivity contribution in [3.05, 3.63) is 35.4 Å². The second-order valence-corrected chi connectivity index (χ2v) is 3.88. The van der Waals surface area contributed by atoms with Gasteiger partial charge in [-0.1, -0.05) is 19.9 Å². The number of aliphatic carboxylic acids is 1. The molecule has 1 N–H and O–H groups in total. The average molecular weight is 242 g/mol. The van der Waals surface area contributed by atoms with E-state index >= 15 is 0 Å². The lowest BCUT2D eigenvalue weighted by atomic mass is 9.88. The summed E-state index contributed by atoms with van der Waals surface area (Å²) in [6, 6.07) is 3.08. The van der Waals surface area contributed by atoms with E-state index in [0.717, 1.165) is 18.2 Å². The SMILES string of the molecule is CC(C(=O)O)C(C)C(=O)c1c(F)cccc1F. The first-order valence-corrected chi connectivity index (χ1v) is 5.07. The van der Waals surface area contributed by atoms with Crippen LogP contribution in [0, 0.1) is 23.5 Å². The third-order valence-corrected chi connectivity index (χ3v) is 2.76. The number of carboxylic acid groups (broad SMARTS) is 1. The van der Waals surface area contributed by atoms with Crippen molar-refractivity contribution < 1.29 is 23.5 Å². The molecule has 1 aromatic carbocycles. The maximum atomic E-state index is 13.3. The molecule has 3 nitrogen and oxygen atoms in total. The van der Waals surface area contributed by atoms with Crippen molar-refractivity contribution in [1.82, 2.24) is 0 Å². The molecule has 92 valence electrons. The van der Waals surface area contributed by atoms with E-state index in [-0.39, 0.29) is 0 Å². The Balaban J connectivity index is 3.09. The van der Waals surface area contributed by atoms with Gasteiger partial charge in [-0.3, -0.25) is 9.59 Å². The number of hydrogen-bond acceptors (Lipinski definition) is 2. The van der Waals surface area contributed by atoms with Crippen molar-refractivity contribution in [2.45, 2.75) is 13.8 Å². The Kier molecular flexibility index (Phi) is 3.93. The van der Waals surface area contributed by atoms with Gasteiger partial charge < -0.3 is 5.11 Å². The molecule has 0 saturated heterocycles. The predicted octanol–water partition coefficient (Wildman–Crippen LogP) is 2.50. The standard InChI is InChI=1S/C12H12F2O3/c1-6(7(2)12(16)17)11(15)10-8(13)4-3-5-9(10)14/h3-7H,1-2H3,(H,16,17). The molecule has 0 fully saturated rings. The van der Waals surface area contributed by atoms with Crippen LogP contribution in [0.5, 0.6) is 0 Å². The van der Waals surface area contributed by atoms with Crippen LogP contribution in [-0.4, -0.2) is 16.9 Å². The fourth-order valence-electron chi connectivity index (χ4n) is 1.40. The third kappa shape index (κ3) is 2.67. The van der Waals surface area contributed by atoms with Crippen molar-refractivity contribution in [3.63, 3.8) is 0 Å². The van der Waals surface area contributed by atoms with E-state index in [9.17, 15) is 18.4 Å². The minimum absolute atomic E-state index is 0.673. The molecule has 0 aliphatic carbocycles. The van der Waals surface area contributed by atoms with E-state index in [1.807, 2.05) is 0 Å². The number of benzene rings is 1.